The number of hydrogen-bond acceptors (Lipinski definition) is 8. The lowest BCUT2D eigenvalue weighted by Gasteiger charge is -2.41. The summed E-state index contributed by atoms with van der Waals surface area (Å²) in [5.74, 6) is -0.200. The van der Waals surface area contributed by atoms with Crippen LogP contribution in [0.2, 0.25) is 0 Å². The summed E-state index contributed by atoms with van der Waals surface area (Å²) in [5.41, 5.74) is 8.67. The van der Waals surface area contributed by atoms with E-state index in [0.717, 1.165) is 74.6 Å². The fourth-order valence-electron chi connectivity index (χ4n) is 7.82. The molecule has 4 aliphatic rings. The largest absolute Gasteiger partial charge is 0.424 e. The molecule has 1 amide bonds. The van der Waals surface area contributed by atoms with Gasteiger partial charge in [0.05, 0.1) is 30.8 Å². The zero-order valence-corrected chi connectivity index (χ0v) is 27.2. The number of aryl methyl sites for hydroxylation is 1. The van der Waals surface area contributed by atoms with Crippen molar-refractivity contribution in [1.82, 2.24) is 19.8 Å². The van der Waals surface area contributed by atoms with Gasteiger partial charge < -0.3 is 24.3 Å². The molecule has 0 saturated carbocycles. The molecule has 1 aliphatic carbocycles. The standard InChI is InChI=1S/C37H42FN7O2/c1-25(38)36(46)45-21-20-44(23-28(45)15-17-39)35-31-12-7-18-43(33-13-5-9-26-8-3-4-11-29(26)33)24-32(31)40-37(41-35)47-34-14-6-10-27-22-42(2)19-16-30(27)34/h5-6,9-10,13-14,28H,1,3-4,7-8,11-12,15-16,18-24H2,2H3/t28-/m0/s1. The van der Waals surface area contributed by atoms with Crippen molar-refractivity contribution >= 4 is 17.4 Å². The highest BCUT2D eigenvalue weighted by Gasteiger charge is 2.35. The number of halogens is 1. The molecule has 1 aromatic heterocycles. The number of carbonyl (C=O) groups is 1. The maximum Gasteiger partial charge on any atom is 0.324 e. The number of hydrogen-bond donors (Lipinski definition) is 0. The lowest BCUT2D eigenvalue weighted by Crippen LogP contribution is -2.55. The van der Waals surface area contributed by atoms with Gasteiger partial charge in [-0.1, -0.05) is 30.8 Å². The van der Waals surface area contributed by atoms with Crippen LogP contribution in [0, 0.1) is 11.3 Å². The minimum Gasteiger partial charge on any atom is -0.424 e. The van der Waals surface area contributed by atoms with Gasteiger partial charge in [-0.2, -0.15) is 15.2 Å². The van der Waals surface area contributed by atoms with Crippen LogP contribution in [0.3, 0.4) is 0 Å². The Morgan fingerprint density at radius 3 is 2.60 bits per heavy atom. The van der Waals surface area contributed by atoms with Gasteiger partial charge in [0.25, 0.3) is 5.91 Å². The van der Waals surface area contributed by atoms with Gasteiger partial charge in [-0.05, 0) is 80.8 Å². The van der Waals surface area contributed by atoms with E-state index in [1.165, 1.54) is 45.7 Å². The summed E-state index contributed by atoms with van der Waals surface area (Å²) in [6.45, 7) is 7.66. The lowest BCUT2D eigenvalue weighted by molar-refractivity contribution is -0.131. The first-order chi connectivity index (χ1) is 22.9. The van der Waals surface area contributed by atoms with E-state index < -0.39 is 17.8 Å². The predicted octanol–water partition coefficient (Wildman–Crippen LogP) is 5.50. The fourth-order valence-corrected chi connectivity index (χ4v) is 7.82. The number of likely N-dealkylation sites (N-methyl/N-ethyl adjacent to an activating group) is 1. The van der Waals surface area contributed by atoms with Crippen LogP contribution >= 0.6 is 0 Å². The van der Waals surface area contributed by atoms with Gasteiger partial charge in [0.2, 0.25) is 0 Å². The molecule has 0 spiro atoms. The molecule has 0 unspecified atom stereocenters. The average molecular weight is 636 g/mol. The van der Waals surface area contributed by atoms with Crippen LogP contribution in [0.1, 0.15) is 59.2 Å². The first kappa shape index (κ1) is 31.1. The molecule has 244 valence electrons. The molecule has 7 rings (SSSR count). The monoisotopic (exact) mass is 635 g/mol. The molecule has 9 nitrogen and oxygen atoms in total. The van der Waals surface area contributed by atoms with Crippen LogP contribution in [0.25, 0.3) is 0 Å². The molecule has 10 heteroatoms. The summed E-state index contributed by atoms with van der Waals surface area (Å²) in [5, 5.41) is 9.61. The zero-order chi connectivity index (χ0) is 32.5. The third-order valence-electron chi connectivity index (χ3n) is 10.2. The van der Waals surface area contributed by atoms with E-state index in [-0.39, 0.29) is 13.0 Å². The molecule has 4 heterocycles. The Morgan fingerprint density at radius 1 is 0.936 bits per heavy atom. The van der Waals surface area contributed by atoms with E-state index in [4.69, 9.17) is 14.7 Å². The predicted molar refractivity (Wildman–Crippen MR) is 179 cm³/mol. The van der Waals surface area contributed by atoms with Crippen LogP contribution in [-0.2, 0) is 43.6 Å². The Morgan fingerprint density at radius 2 is 1.74 bits per heavy atom. The van der Waals surface area contributed by atoms with Gasteiger partial charge >= 0.3 is 6.01 Å². The number of amides is 1. The number of aromatic nitrogens is 2. The number of ether oxygens (including phenoxy) is 1. The molecule has 1 fully saturated rings. The minimum atomic E-state index is -1.01. The summed E-state index contributed by atoms with van der Waals surface area (Å²) in [4.78, 5) is 31.2. The Bertz CT molecular complexity index is 1740. The number of fused-ring (bicyclic) bond motifs is 3. The van der Waals surface area contributed by atoms with E-state index >= 15 is 0 Å². The maximum atomic E-state index is 13.9. The van der Waals surface area contributed by atoms with Crippen LogP contribution in [0.4, 0.5) is 15.9 Å². The molecular formula is C37H42FN7O2. The topological polar surface area (TPSA) is 88.8 Å². The van der Waals surface area contributed by atoms with Crippen molar-refractivity contribution in [1.29, 1.82) is 5.26 Å². The summed E-state index contributed by atoms with van der Waals surface area (Å²) in [7, 11) is 2.13. The van der Waals surface area contributed by atoms with Crippen LogP contribution in [0.5, 0.6) is 11.8 Å². The zero-order valence-electron chi connectivity index (χ0n) is 27.2. The number of nitrogens with zero attached hydrogens (tertiary/aromatic N) is 7. The molecule has 0 bridgehead atoms. The Hall–Kier alpha value is -4.49. The van der Waals surface area contributed by atoms with Crippen molar-refractivity contribution in [3.8, 4) is 17.8 Å². The third-order valence-corrected chi connectivity index (χ3v) is 10.2. The highest BCUT2D eigenvalue weighted by Crippen LogP contribution is 2.37. The second-order valence-corrected chi connectivity index (χ2v) is 13.3. The minimum absolute atomic E-state index is 0.0869. The normalized spacial score (nSPS) is 19.6. The summed E-state index contributed by atoms with van der Waals surface area (Å²) >= 11 is 0. The van der Waals surface area contributed by atoms with Crippen LogP contribution < -0.4 is 14.5 Å². The van der Waals surface area contributed by atoms with Crippen molar-refractivity contribution in [3.63, 3.8) is 0 Å². The van der Waals surface area contributed by atoms with E-state index in [1.54, 1.807) is 0 Å². The second kappa shape index (κ2) is 13.3. The van der Waals surface area contributed by atoms with E-state index in [9.17, 15) is 14.4 Å². The SMILES string of the molecule is C=C(F)C(=O)N1CCN(c2nc(Oc3cccc4c3CCN(C)C4)nc3c2CCCN(c2cccc4c2CCCC4)C3)C[C@@H]1CC#N. The number of carbonyl (C=O) groups excluding carboxylic acids is 1. The average Bonchev–Trinajstić information content (AvgIpc) is 3.30. The number of anilines is 2. The van der Waals surface area contributed by atoms with Crippen molar-refractivity contribution in [2.45, 2.75) is 70.5 Å². The van der Waals surface area contributed by atoms with E-state index in [2.05, 4.69) is 58.7 Å². The maximum absolute atomic E-state index is 13.9. The summed E-state index contributed by atoms with van der Waals surface area (Å²) in [6, 6.07) is 14.9. The summed E-state index contributed by atoms with van der Waals surface area (Å²) in [6.07, 6.45) is 7.39. The van der Waals surface area contributed by atoms with Crippen LogP contribution in [0.15, 0.2) is 48.8 Å². The highest BCUT2D eigenvalue weighted by atomic mass is 19.1. The van der Waals surface area contributed by atoms with Gasteiger partial charge in [-0.25, -0.2) is 4.39 Å². The van der Waals surface area contributed by atoms with Gasteiger partial charge in [0, 0.05) is 56.1 Å². The van der Waals surface area contributed by atoms with Crippen molar-refractivity contribution in [2.75, 3.05) is 49.6 Å². The quantitative estimate of drug-likeness (QED) is 0.328. The molecule has 47 heavy (non-hydrogen) atoms. The number of rotatable bonds is 6. The first-order valence-corrected chi connectivity index (χ1v) is 16.9. The third kappa shape index (κ3) is 6.29. The molecule has 1 atom stereocenters. The Balaban J connectivity index is 1.27. The summed E-state index contributed by atoms with van der Waals surface area (Å²) < 4.78 is 20.5. The Kier molecular flexibility index (Phi) is 8.82. The van der Waals surface area contributed by atoms with Crippen molar-refractivity contribution in [2.24, 2.45) is 0 Å². The smallest absolute Gasteiger partial charge is 0.324 e. The Labute approximate surface area is 276 Å². The molecular weight excluding hydrogens is 593 g/mol. The van der Waals surface area contributed by atoms with Crippen molar-refractivity contribution in [3.05, 3.63) is 82.3 Å². The molecule has 2 aromatic carbocycles. The fraction of sp³-hybridized carbons (Fsp3) is 0.459. The number of piperazine rings is 1. The van der Waals surface area contributed by atoms with Gasteiger partial charge in [0.15, 0.2) is 5.83 Å². The molecule has 0 radical (unpaired) electrons. The molecule has 0 N–H and O–H groups in total. The van der Waals surface area contributed by atoms with E-state index in [1.807, 2.05) is 12.1 Å². The highest BCUT2D eigenvalue weighted by molar-refractivity contribution is 5.91. The molecule has 3 aromatic rings. The van der Waals surface area contributed by atoms with E-state index in [0.29, 0.717) is 25.6 Å². The molecule has 1 saturated heterocycles. The second-order valence-electron chi connectivity index (χ2n) is 13.3. The molecule has 3 aliphatic heterocycles. The number of nitriles is 1. The number of benzene rings is 2. The van der Waals surface area contributed by atoms with Crippen LogP contribution in [-0.4, -0.2) is 71.5 Å². The van der Waals surface area contributed by atoms with Crippen molar-refractivity contribution < 1.29 is 13.9 Å². The first-order valence-electron chi connectivity index (χ1n) is 16.9. The lowest BCUT2D eigenvalue weighted by atomic mass is 9.90. The van der Waals surface area contributed by atoms with Gasteiger partial charge in [-0.15, -0.1) is 0 Å². The van der Waals surface area contributed by atoms with Gasteiger partial charge in [-0.3, -0.25) is 4.79 Å². The van der Waals surface area contributed by atoms with Gasteiger partial charge in [0.1, 0.15) is 11.6 Å².